The first-order chi connectivity index (χ1) is 22.0. The summed E-state index contributed by atoms with van der Waals surface area (Å²) in [7, 11) is 0. The number of nitrogens with one attached hydrogen (secondary N) is 1. The second kappa shape index (κ2) is 15.7. The normalized spacial score (nSPS) is 26.8. The number of benzene rings is 1. The fourth-order valence-electron chi connectivity index (χ4n) is 7.36. The Morgan fingerprint density at radius 2 is 1.89 bits per heavy atom. The van der Waals surface area contributed by atoms with E-state index < -0.39 is 41.7 Å². The molecule has 3 amide bonds. The van der Waals surface area contributed by atoms with Gasteiger partial charge in [-0.2, -0.15) is 0 Å². The van der Waals surface area contributed by atoms with Gasteiger partial charge in [-0.1, -0.05) is 59.1 Å². The van der Waals surface area contributed by atoms with Gasteiger partial charge in [0.1, 0.15) is 17.7 Å². The van der Waals surface area contributed by atoms with E-state index >= 15 is 0 Å². The van der Waals surface area contributed by atoms with Crippen molar-refractivity contribution < 1.29 is 33.8 Å². The maximum absolute atomic E-state index is 14.8. The highest BCUT2D eigenvalue weighted by molar-refractivity contribution is 9.09. The van der Waals surface area contributed by atoms with Crippen LogP contribution in [-0.4, -0.2) is 88.6 Å². The predicted molar refractivity (Wildman–Crippen MR) is 179 cm³/mol. The summed E-state index contributed by atoms with van der Waals surface area (Å²) in [5.74, 6) is -3.09. The zero-order chi connectivity index (χ0) is 33.6. The van der Waals surface area contributed by atoms with E-state index in [2.05, 4.69) is 34.4 Å². The number of unbranched alkanes of at least 4 members (excludes halogenated alkanes) is 3. The monoisotopic (exact) mass is 701 g/mol. The van der Waals surface area contributed by atoms with Crippen LogP contribution in [-0.2, 0) is 28.7 Å². The number of amides is 3. The number of esters is 1. The number of aliphatic hydroxyl groups is 1. The second-order valence-electron chi connectivity index (χ2n) is 12.7. The highest BCUT2D eigenvalue weighted by Gasteiger charge is 2.77. The number of fused-ring (bicyclic) bond motifs is 1. The fraction of sp³-hybridized carbons (Fsp3) is 0.600. The first-order valence-corrected chi connectivity index (χ1v) is 17.2. The van der Waals surface area contributed by atoms with Crippen LogP contribution in [0, 0.1) is 25.7 Å². The minimum absolute atomic E-state index is 0.101. The molecule has 3 saturated heterocycles. The van der Waals surface area contributed by atoms with Crippen LogP contribution in [0.15, 0.2) is 43.5 Å². The number of para-hydroxylation sites is 1. The number of aliphatic hydroxyl groups excluding tert-OH is 1. The van der Waals surface area contributed by atoms with Gasteiger partial charge in [0, 0.05) is 36.6 Å². The molecule has 3 aliphatic rings. The number of hydrogen-bond acceptors (Lipinski definition) is 7. The van der Waals surface area contributed by atoms with Gasteiger partial charge in [0.2, 0.25) is 11.8 Å². The number of rotatable bonds is 17. The minimum Gasteiger partial charge on any atom is -0.460 e. The summed E-state index contributed by atoms with van der Waals surface area (Å²) in [5.41, 5.74) is 1.39. The summed E-state index contributed by atoms with van der Waals surface area (Å²) in [6, 6.07) is 4.89. The number of ether oxygens (including phenoxy) is 2. The zero-order valence-corrected chi connectivity index (χ0v) is 28.8. The van der Waals surface area contributed by atoms with E-state index in [1.54, 1.807) is 28.9 Å². The predicted octanol–water partition coefficient (Wildman–Crippen LogP) is 4.14. The molecule has 2 N–H and O–H groups in total. The van der Waals surface area contributed by atoms with Gasteiger partial charge in [0.15, 0.2) is 0 Å². The summed E-state index contributed by atoms with van der Waals surface area (Å²) in [5, 5.41) is 12.0. The van der Waals surface area contributed by atoms with Gasteiger partial charge in [0.25, 0.3) is 5.91 Å². The average Bonchev–Trinajstić information content (AvgIpc) is 3.61. The average molecular weight is 703 g/mol. The number of nitrogens with zero attached hydrogens (tertiary/aromatic N) is 2. The molecule has 3 aliphatic heterocycles. The van der Waals surface area contributed by atoms with Crippen LogP contribution in [0.5, 0.6) is 0 Å². The smallest absolute Gasteiger partial charge is 0.312 e. The Balaban J connectivity index is 1.65. The lowest BCUT2D eigenvalue weighted by atomic mass is 9.70. The number of allylic oxidation sites excluding steroid dienone is 1. The Labute approximate surface area is 280 Å². The maximum Gasteiger partial charge on any atom is 0.312 e. The van der Waals surface area contributed by atoms with E-state index in [1.807, 2.05) is 32.0 Å². The van der Waals surface area contributed by atoms with E-state index in [0.717, 1.165) is 29.7 Å². The Morgan fingerprint density at radius 1 is 1.20 bits per heavy atom. The molecule has 4 rings (SSSR count). The van der Waals surface area contributed by atoms with Gasteiger partial charge in [-0.3, -0.25) is 19.2 Å². The first kappa shape index (κ1) is 35.8. The number of alkyl halides is 1. The fourth-order valence-corrected chi connectivity index (χ4v) is 8.31. The van der Waals surface area contributed by atoms with Crippen LogP contribution in [0.4, 0.5) is 5.69 Å². The topological polar surface area (TPSA) is 125 Å². The molecule has 0 aromatic heterocycles. The summed E-state index contributed by atoms with van der Waals surface area (Å²) in [6.45, 7) is 13.9. The van der Waals surface area contributed by atoms with Gasteiger partial charge in [-0.05, 0) is 57.6 Å². The van der Waals surface area contributed by atoms with Crippen molar-refractivity contribution in [1.29, 1.82) is 0 Å². The standard InChI is InChI=1S/C35H48BrN3O7/c1-6-8-16-26(41)37-21-24(5)45-34(44)27-28-32(42)39(18-11-9-10-12-19-40)31(35(28)20-25(36)30(27)46-35)33(43)38(17-7-2)29-22(3)14-13-15-23(29)4/h6-7,13-15,24-25,27-28,30-31,40H,1-2,8-12,16-21H2,3-5H3,(H,37,41)/t24-,25?,27-,28+,30-,31-,35+/m1/s1. The van der Waals surface area contributed by atoms with Crippen LogP contribution in [0.2, 0.25) is 0 Å². The molecule has 252 valence electrons. The summed E-state index contributed by atoms with van der Waals surface area (Å²) < 4.78 is 12.5. The van der Waals surface area contributed by atoms with Crippen molar-refractivity contribution in [2.75, 3.05) is 31.1 Å². The Hall–Kier alpha value is -3.02. The molecule has 1 aromatic carbocycles. The van der Waals surface area contributed by atoms with Crippen LogP contribution in [0.1, 0.15) is 63.0 Å². The molecule has 3 fully saturated rings. The summed E-state index contributed by atoms with van der Waals surface area (Å²) in [6.07, 6.45) is 6.18. The lowest BCUT2D eigenvalue weighted by Crippen LogP contribution is -2.57. The van der Waals surface area contributed by atoms with Gasteiger partial charge >= 0.3 is 5.97 Å². The van der Waals surface area contributed by atoms with E-state index in [-0.39, 0.29) is 42.2 Å². The van der Waals surface area contributed by atoms with Gasteiger partial charge in [0.05, 0.1) is 24.5 Å². The third kappa shape index (κ3) is 7.11. The third-order valence-electron chi connectivity index (χ3n) is 9.37. The Kier molecular flexibility index (Phi) is 12.2. The molecule has 0 aliphatic carbocycles. The van der Waals surface area contributed by atoms with Crippen molar-refractivity contribution in [2.24, 2.45) is 11.8 Å². The molecule has 1 unspecified atom stereocenters. The van der Waals surface area contributed by atoms with Gasteiger partial charge in [-0.15, -0.1) is 13.2 Å². The van der Waals surface area contributed by atoms with Crippen molar-refractivity contribution in [3.8, 4) is 0 Å². The van der Waals surface area contributed by atoms with Gasteiger partial charge in [-0.25, -0.2) is 0 Å². The number of halogens is 1. The number of aryl methyl sites for hydroxylation is 2. The minimum atomic E-state index is -1.22. The Morgan fingerprint density at radius 3 is 2.54 bits per heavy atom. The SMILES string of the molecule is C=CCCC(=O)NC[C@@H](C)OC(=O)[C@H]1[C@@H]2O[C@@]3(CC2Br)[C@@H]1C(=O)N(CCCCCCO)[C@@H]3C(=O)N(CC=C)c1c(C)cccc1C. The molecular formula is C35H48BrN3O7. The van der Waals surface area contributed by atoms with E-state index in [0.29, 0.717) is 38.6 Å². The first-order valence-electron chi connectivity index (χ1n) is 16.3. The van der Waals surface area contributed by atoms with E-state index in [9.17, 15) is 24.3 Å². The van der Waals surface area contributed by atoms with Crippen LogP contribution in [0.25, 0.3) is 0 Å². The molecule has 11 heteroatoms. The van der Waals surface area contributed by atoms with E-state index in [4.69, 9.17) is 9.47 Å². The Bertz CT molecular complexity index is 1300. The highest BCUT2D eigenvalue weighted by atomic mass is 79.9. The number of carbonyl (C=O) groups is 4. The molecule has 0 saturated carbocycles. The highest BCUT2D eigenvalue weighted by Crippen LogP contribution is 2.60. The second-order valence-corrected chi connectivity index (χ2v) is 13.9. The maximum atomic E-state index is 14.8. The van der Waals surface area contributed by atoms with Crippen molar-refractivity contribution in [3.63, 3.8) is 0 Å². The largest absolute Gasteiger partial charge is 0.460 e. The third-order valence-corrected chi connectivity index (χ3v) is 10.2. The lowest BCUT2D eigenvalue weighted by Gasteiger charge is -2.38. The quantitative estimate of drug-likeness (QED) is 0.108. The molecule has 1 spiro atoms. The zero-order valence-electron chi connectivity index (χ0n) is 27.2. The van der Waals surface area contributed by atoms with Crippen LogP contribution < -0.4 is 10.2 Å². The summed E-state index contributed by atoms with van der Waals surface area (Å²) in [4.78, 5) is 58.2. The molecule has 7 atom stereocenters. The number of carbonyl (C=O) groups excluding carboxylic acids is 4. The molecular weight excluding hydrogens is 654 g/mol. The molecule has 3 heterocycles. The number of hydrogen-bond donors (Lipinski definition) is 2. The van der Waals surface area contributed by atoms with Gasteiger partial charge < -0.3 is 29.7 Å². The molecule has 2 bridgehead atoms. The number of anilines is 1. The van der Waals surface area contributed by atoms with Crippen molar-refractivity contribution in [3.05, 3.63) is 54.6 Å². The van der Waals surface area contributed by atoms with Crippen molar-refractivity contribution in [2.45, 2.75) is 94.4 Å². The van der Waals surface area contributed by atoms with Crippen LogP contribution in [0.3, 0.4) is 0 Å². The molecule has 0 radical (unpaired) electrons. The van der Waals surface area contributed by atoms with Crippen molar-refractivity contribution in [1.82, 2.24) is 10.2 Å². The summed E-state index contributed by atoms with van der Waals surface area (Å²) >= 11 is 3.72. The van der Waals surface area contributed by atoms with Crippen LogP contribution >= 0.6 is 15.9 Å². The van der Waals surface area contributed by atoms with E-state index in [1.165, 1.54) is 0 Å². The molecule has 10 nitrogen and oxygen atoms in total. The van der Waals surface area contributed by atoms with Crippen molar-refractivity contribution >= 4 is 45.3 Å². The molecule has 46 heavy (non-hydrogen) atoms. The lowest BCUT2D eigenvalue weighted by molar-refractivity contribution is -0.159. The number of likely N-dealkylation sites (tertiary alicyclic amines) is 1. The molecule has 1 aromatic rings.